The first-order valence-corrected chi connectivity index (χ1v) is 8.63. The van der Waals surface area contributed by atoms with Gasteiger partial charge in [0.25, 0.3) is 0 Å². The number of halogens is 1. The molecule has 1 aromatic rings. The van der Waals surface area contributed by atoms with E-state index in [9.17, 15) is 0 Å². The van der Waals surface area contributed by atoms with Crippen molar-refractivity contribution in [3.8, 4) is 6.07 Å². The average Bonchev–Trinajstić information content (AvgIpc) is 3.30. The standard InChI is InChI=1S/C17H24BrN3/c1-3-10-20-13(2)16-8-5-14(18)12-17(16)21(11-4-9-19)15-6-7-15/h5,8,12-13,15,20H,3-4,6-7,10-11H2,1-2H3. The van der Waals surface area contributed by atoms with Gasteiger partial charge in [-0.15, -0.1) is 0 Å². The Morgan fingerprint density at radius 1 is 1.48 bits per heavy atom. The molecule has 0 aromatic heterocycles. The van der Waals surface area contributed by atoms with Crippen molar-refractivity contribution in [2.75, 3.05) is 18.0 Å². The number of anilines is 1. The van der Waals surface area contributed by atoms with Gasteiger partial charge in [0.05, 0.1) is 12.5 Å². The minimum atomic E-state index is 0.330. The largest absolute Gasteiger partial charge is 0.367 e. The van der Waals surface area contributed by atoms with Gasteiger partial charge in [-0.25, -0.2) is 0 Å². The van der Waals surface area contributed by atoms with Crippen molar-refractivity contribution in [3.05, 3.63) is 28.2 Å². The number of hydrogen-bond donors (Lipinski definition) is 1. The minimum Gasteiger partial charge on any atom is -0.367 e. The Hall–Kier alpha value is -1.05. The second-order valence-electron chi connectivity index (χ2n) is 5.71. The summed E-state index contributed by atoms with van der Waals surface area (Å²) in [5.41, 5.74) is 2.61. The van der Waals surface area contributed by atoms with Gasteiger partial charge in [0.1, 0.15) is 0 Å². The number of nitrogens with one attached hydrogen (secondary N) is 1. The minimum absolute atomic E-state index is 0.330. The third-order valence-electron chi connectivity index (χ3n) is 3.92. The quantitative estimate of drug-likeness (QED) is 0.756. The number of benzene rings is 1. The lowest BCUT2D eigenvalue weighted by Gasteiger charge is -2.29. The number of hydrogen-bond acceptors (Lipinski definition) is 3. The van der Waals surface area contributed by atoms with Crippen LogP contribution in [0.3, 0.4) is 0 Å². The third-order valence-corrected chi connectivity index (χ3v) is 4.41. The molecule has 2 rings (SSSR count). The highest BCUT2D eigenvalue weighted by Crippen LogP contribution is 2.37. The molecule has 0 amide bonds. The van der Waals surface area contributed by atoms with Crippen LogP contribution in [0.1, 0.15) is 51.1 Å². The van der Waals surface area contributed by atoms with E-state index in [-0.39, 0.29) is 0 Å². The van der Waals surface area contributed by atoms with Crippen LogP contribution in [-0.4, -0.2) is 19.1 Å². The van der Waals surface area contributed by atoms with Gasteiger partial charge in [-0.05, 0) is 50.4 Å². The lowest BCUT2D eigenvalue weighted by atomic mass is 10.0. The van der Waals surface area contributed by atoms with Crippen LogP contribution in [0.5, 0.6) is 0 Å². The first-order valence-electron chi connectivity index (χ1n) is 7.83. The van der Waals surface area contributed by atoms with Gasteiger partial charge in [-0.3, -0.25) is 0 Å². The molecule has 0 bridgehead atoms. The van der Waals surface area contributed by atoms with Gasteiger partial charge in [0.2, 0.25) is 0 Å². The van der Waals surface area contributed by atoms with E-state index in [1.807, 2.05) is 0 Å². The molecule has 0 aliphatic heterocycles. The zero-order chi connectivity index (χ0) is 15.2. The van der Waals surface area contributed by atoms with Gasteiger partial charge in [-0.2, -0.15) is 5.26 Å². The molecule has 1 atom stereocenters. The van der Waals surface area contributed by atoms with Crippen molar-refractivity contribution in [1.82, 2.24) is 5.32 Å². The summed E-state index contributed by atoms with van der Waals surface area (Å²) in [5, 5.41) is 12.5. The lowest BCUT2D eigenvalue weighted by molar-refractivity contribution is 0.568. The van der Waals surface area contributed by atoms with Gasteiger partial charge in [0, 0.05) is 28.8 Å². The van der Waals surface area contributed by atoms with Crippen LogP contribution in [0.4, 0.5) is 5.69 Å². The predicted octanol–water partition coefficient (Wildman–Crippen LogP) is 4.39. The third kappa shape index (κ3) is 4.46. The molecule has 4 heteroatoms. The molecular formula is C17H24BrN3. The molecule has 0 radical (unpaired) electrons. The fourth-order valence-electron chi connectivity index (χ4n) is 2.66. The monoisotopic (exact) mass is 349 g/mol. The molecule has 1 fully saturated rings. The molecule has 114 valence electrons. The van der Waals surface area contributed by atoms with Crippen LogP contribution >= 0.6 is 15.9 Å². The normalized spacial score (nSPS) is 15.5. The Kier molecular flexibility index (Phi) is 6.08. The summed E-state index contributed by atoms with van der Waals surface area (Å²) in [7, 11) is 0. The first-order chi connectivity index (χ1) is 10.2. The molecule has 0 saturated heterocycles. The summed E-state index contributed by atoms with van der Waals surface area (Å²) in [6.07, 6.45) is 4.21. The van der Waals surface area contributed by atoms with Gasteiger partial charge < -0.3 is 10.2 Å². The van der Waals surface area contributed by atoms with Crippen LogP contribution in [0, 0.1) is 11.3 Å². The fourth-order valence-corrected chi connectivity index (χ4v) is 3.01. The predicted molar refractivity (Wildman–Crippen MR) is 91.4 cm³/mol. The van der Waals surface area contributed by atoms with E-state index in [0.29, 0.717) is 18.5 Å². The SMILES string of the molecule is CCCNC(C)c1ccc(Br)cc1N(CCC#N)C1CC1. The molecule has 1 saturated carbocycles. The molecule has 0 spiro atoms. The van der Waals surface area contributed by atoms with Crippen molar-refractivity contribution >= 4 is 21.6 Å². The Bertz CT molecular complexity index is 505. The van der Waals surface area contributed by atoms with E-state index >= 15 is 0 Å². The number of nitrogens with zero attached hydrogens (tertiary/aromatic N) is 2. The molecule has 1 aromatic carbocycles. The molecule has 0 heterocycles. The van der Waals surface area contributed by atoms with Crippen LogP contribution < -0.4 is 10.2 Å². The highest BCUT2D eigenvalue weighted by atomic mass is 79.9. The number of nitriles is 1. The maximum absolute atomic E-state index is 8.92. The van der Waals surface area contributed by atoms with Crippen LogP contribution in [0.15, 0.2) is 22.7 Å². The summed E-state index contributed by atoms with van der Waals surface area (Å²) in [5.74, 6) is 0. The number of rotatable bonds is 8. The zero-order valence-electron chi connectivity index (χ0n) is 12.9. The fraction of sp³-hybridized carbons (Fsp3) is 0.588. The summed E-state index contributed by atoms with van der Waals surface area (Å²) in [6.45, 7) is 6.26. The van der Waals surface area contributed by atoms with Crippen molar-refractivity contribution in [2.24, 2.45) is 0 Å². The van der Waals surface area contributed by atoms with Crippen molar-refractivity contribution in [2.45, 2.75) is 51.6 Å². The maximum Gasteiger partial charge on any atom is 0.0640 e. The van der Waals surface area contributed by atoms with Gasteiger partial charge in [-0.1, -0.05) is 28.9 Å². The van der Waals surface area contributed by atoms with Crippen molar-refractivity contribution < 1.29 is 0 Å². The summed E-state index contributed by atoms with van der Waals surface area (Å²) < 4.78 is 1.10. The average molecular weight is 350 g/mol. The van der Waals surface area contributed by atoms with Crippen molar-refractivity contribution in [3.63, 3.8) is 0 Å². The van der Waals surface area contributed by atoms with Gasteiger partial charge >= 0.3 is 0 Å². The highest BCUT2D eigenvalue weighted by molar-refractivity contribution is 9.10. The maximum atomic E-state index is 8.92. The molecule has 1 aliphatic rings. The van der Waals surface area contributed by atoms with E-state index < -0.39 is 0 Å². The van der Waals surface area contributed by atoms with E-state index in [4.69, 9.17) is 5.26 Å². The first kappa shape index (κ1) is 16.3. The van der Waals surface area contributed by atoms with E-state index in [1.165, 1.54) is 24.1 Å². The molecule has 1 unspecified atom stereocenters. The Labute approximate surface area is 136 Å². The zero-order valence-corrected chi connectivity index (χ0v) is 14.5. The smallest absolute Gasteiger partial charge is 0.0640 e. The van der Waals surface area contributed by atoms with E-state index in [2.05, 4.69) is 64.3 Å². The lowest BCUT2D eigenvalue weighted by Crippen LogP contribution is -2.29. The van der Waals surface area contributed by atoms with Gasteiger partial charge in [0.15, 0.2) is 0 Å². The van der Waals surface area contributed by atoms with Crippen LogP contribution in [-0.2, 0) is 0 Å². The van der Waals surface area contributed by atoms with Crippen molar-refractivity contribution in [1.29, 1.82) is 5.26 Å². The van der Waals surface area contributed by atoms with Crippen LogP contribution in [0.2, 0.25) is 0 Å². The molecule has 3 nitrogen and oxygen atoms in total. The summed E-state index contributed by atoms with van der Waals surface area (Å²) in [6, 6.07) is 9.74. The Balaban J connectivity index is 2.26. The molecule has 1 N–H and O–H groups in total. The molecule has 21 heavy (non-hydrogen) atoms. The van der Waals surface area contributed by atoms with Crippen LogP contribution in [0.25, 0.3) is 0 Å². The Morgan fingerprint density at radius 2 is 2.24 bits per heavy atom. The summed E-state index contributed by atoms with van der Waals surface area (Å²) in [4.78, 5) is 2.42. The topological polar surface area (TPSA) is 39.1 Å². The second kappa shape index (κ2) is 7.82. The second-order valence-corrected chi connectivity index (χ2v) is 6.63. The highest BCUT2D eigenvalue weighted by Gasteiger charge is 2.30. The Morgan fingerprint density at radius 3 is 2.86 bits per heavy atom. The van der Waals surface area contributed by atoms with E-state index in [0.717, 1.165) is 24.0 Å². The molecular weight excluding hydrogens is 326 g/mol. The van der Waals surface area contributed by atoms with E-state index in [1.54, 1.807) is 0 Å². The molecule has 1 aliphatic carbocycles. The summed E-state index contributed by atoms with van der Waals surface area (Å²) >= 11 is 3.59.